The largest absolute Gasteiger partial charge is 0.326 e. The van der Waals surface area contributed by atoms with Crippen molar-refractivity contribution < 1.29 is 12.8 Å². The average Bonchev–Trinajstić information content (AvgIpc) is 2.69. The molecule has 1 aromatic carbocycles. The second kappa shape index (κ2) is 4.64. The van der Waals surface area contributed by atoms with Gasteiger partial charge in [0, 0.05) is 23.6 Å². The van der Waals surface area contributed by atoms with Crippen LogP contribution in [0.25, 0.3) is 0 Å². The predicted molar refractivity (Wildman–Crippen MR) is 65.5 cm³/mol. The monoisotopic (exact) mass is 322 g/mol. The summed E-state index contributed by atoms with van der Waals surface area (Å²) in [7, 11) is -3.78. The van der Waals surface area contributed by atoms with E-state index in [1.165, 1.54) is 16.4 Å². The van der Waals surface area contributed by atoms with Crippen molar-refractivity contribution in [2.75, 3.05) is 13.1 Å². The topological polar surface area (TPSA) is 63.4 Å². The molecule has 1 fully saturated rings. The Bertz CT molecular complexity index is 535. The average molecular weight is 323 g/mol. The van der Waals surface area contributed by atoms with Crippen molar-refractivity contribution in [3.63, 3.8) is 0 Å². The highest BCUT2D eigenvalue weighted by atomic mass is 79.9. The Kier molecular flexibility index (Phi) is 3.53. The van der Waals surface area contributed by atoms with Crippen LogP contribution in [0.2, 0.25) is 0 Å². The van der Waals surface area contributed by atoms with Gasteiger partial charge in [-0.25, -0.2) is 12.8 Å². The number of nitrogens with zero attached hydrogens (tertiary/aromatic N) is 1. The first kappa shape index (κ1) is 12.9. The van der Waals surface area contributed by atoms with E-state index in [0.717, 1.165) is 6.07 Å². The van der Waals surface area contributed by atoms with Crippen LogP contribution in [0.1, 0.15) is 6.42 Å². The summed E-state index contributed by atoms with van der Waals surface area (Å²) >= 11 is 3.13. The molecule has 0 bridgehead atoms. The van der Waals surface area contributed by atoms with Gasteiger partial charge in [0.25, 0.3) is 0 Å². The normalized spacial score (nSPS) is 21.9. The van der Waals surface area contributed by atoms with E-state index in [1.54, 1.807) is 0 Å². The standard InChI is InChI=1S/C10H12BrFN2O2S/c11-7-1-2-9(12)10(5-7)17(15,16)14-4-3-8(13)6-14/h1-2,5,8H,3-4,6,13H2. The molecule has 17 heavy (non-hydrogen) atoms. The molecule has 1 saturated heterocycles. The first-order chi connectivity index (χ1) is 7.91. The predicted octanol–water partition coefficient (Wildman–Crippen LogP) is 1.31. The van der Waals surface area contributed by atoms with Gasteiger partial charge in [0.2, 0.25) is 10.0 Å². The molecular formula is C10H12BrFN2O2S. The van der Waals surface area contributed by atoms with Crippen LogP contribution < -0.4 is 5.73 Å². The van der Waals surface area contributed by atoms with Crippen LogP contribution >= 0.6 is 15.9 Å². The molecule has 2 N–H and O–H groups in total. The maximum Gasteiger partial charge on any atom is 0.246 e. The van der Waals surface area contributed by atoms with Crippen molar-refractivity contribution in [2.45, 2.75) is 17.4 Å². The summed E-state index contributed by atoms with van der Waals surface area (Å²) in [5.41, 5.74) is 5.66. The molecular weight excluding hydrogens is 311 g/mol. The van der Waals surface area contributed by atoms with E-state index in [-0.39, 0.29) is 17.5 Å². The molecule has 1 aromatic rings. The molecule has 1 aliphatic rings. The number of rotatable bonds is 2. The molecule has 0 saturated carbocycles. The Morgan fingerprint density at radius 1 is 1.47 bits per heavy atom. The molecule has 0 amide bonds. The Hall–Kier alpha value is -0.500. The van der Waals surface area contributed by atoms with Crippen LogP contribution in [-0.2, 0) is 10.0 Å². The van der Waals surface area contributed by atoms with Crippen molar-refractivity contribution in [3.8, 4) is 0 Å². The second-order valence-electron chi connectivity index (χ2n) is 3.99. The van der Waals surface area contributed by atoms with Crippen LogP contribution in [0.3, 0.4) is 0 Å². The van der Waals surface area contributed by atoms with Gasteiger partial charge in [0.15, 0.2) is 0 Å². The number of hydrogen-bond donors (Lipinski definition) is 1. The van der Waals surface area contributed by atoms with Crippen molar-refractivity contribution in [2.24, 2.45) is 5.73 Å². The van der Waals surface area contributed by atoms with E-state index < -0.39 is 15.8 Å². The molecule has 1 heterocycles. The highest BCUT2D eigenvalue weighted by Gasteiger charge is 2.32. The van der Waals surface area contributed by atoms with E-state index in [1.807, 2.05) is 0 Å². The summed E-state index contributed by atoms with van der Waals surface area (Å²) in [6, 6.07) is 3.70. The molecule has 0 aliphatic carbocycles. The number of halogens is 2. The van der Waals surface area contributed by atoms with Gasteiger partial charge >= 0.3 is 0 Å². The number of hydrogen-bond acceptors (Lipinski definition) is 3. The van der Waals surface area contributed by atoms with Gasteiger partial charge in [-0.05, 0) is 24.6 Å². The summed E-state index contributed by atoms with van der Waals surface area (Å²) in [6.07, 6.45) is 0.606. The molecule has 2 rings (SSSR count). The summed E-state index contributed by atoms with van der Waals surface area (Å²) in [6.45, 7) is 0.587. The SMILES string of the molecule is NC1CCN(S(=O)(=O)c2cc(Br)ccc2F)C1. The fourth-order valence-electron chi connectivity index (χ4n) is 1.79. The maximum absolute atomic E-state index is 13.6. The van der Waals surface area contributed by atoms with Crippen LogP contribution in [-0.4, -0.2) is 31.9 Å². The molecule has 1 unspecified atom stereocenters. The van der Waals surface area contributed by atoms with Crippen molar-refractivity contribution >= 4 is 26.0 Å². The van der Waals surface area contributed by atoms with Gasteiger partial charge in [-0.15, -0.1) is 0 Å². The Balaban J connectivity index is 2.41. The van der Waals surface area contributed by atoms with Gasteiger partial charge in [-0.2, -0.15) is 4.31 Å². The Morgan fingerprint density at radius 3 is 2.76 bits per heavy atom. The molecule has 0 spiro atoms. The molecule has 4 nitrogen and oxygen atoms in total. The maximum atomic E-state index is 13.6. The number of benzene rings is 1. The van der Waals surface area contributed by atoms with Crippen LogP contribution in [0.5, 0.6) is 0 Å². The van der Waals surface area contributed by atoms with Gasteiger partial charge in [-0.1, -0.05) is 15.9 Å². The van der Waals surface area contributed by atoms with E-state index in [4.69, 9.17) is 5.73 Å². The lowest BCUT2D eigenvalue weighted by atomic mass is 10.3. The van der Waals surface area contributed by atoms with E-state index in [0.29, 0.717) is 17.4 Å². The zero-order valence-electron chi connectivity index (χ0n) is 8.94. The minimum Gasteiger partial charge on any atom is -0.326 e. The fraction of sp³-hybridized carbons (Fsp3) is 0.400. The zero-order chi connectivity index (χ0) is 12.6. The molecule has 0 radical (unpaired) electrons. The molecule has 7 heteroatoms. The third-order valence-corrected chi connectivity index (χ3v) is 5.07. The lowest BCUT2D eigenvalue weighted by molar-refractivity contribution is 0.465. The van der Waals surface area contributed by atoms with Crippen molar-refractivity contribution in [1.29, 1.82) is 0 Å². The van der Waals surface area contributed by atoms with Gasteiger partial charge in [0.05, 0.1) is 0 Å². The van der Waals surface area contributed by atoms with Gasteiger partial charge in [-0.3, -0.25) is 0 Å². The highest BCUT2D eigenvalue weighted by molar-refractivity contribution is 9.10. The quantitative estimate of drug-likeness (QED) is 0.893. The highest BCUT2D eigenvalue weighted by Crippen LogP contribution is 2.25. The van der Waals surface area contributed by atoms with Gasteiger partial charge in [0.1, 0.15) is 10.7 Å². The third-order valence-electron chi connectivity index (χ3n) is 2.70. The first-order valence-electron chi connectivity index (χ1n) is 5.12. The van der Waals surface area contributed by atoms with Crippen molar-refractivity contribution in [3.05, 3.63) is 28.5 Å². The number of nitrogens with two attached hydrogens (primary N) is 1. The lowest BCUT2D eigenvalue weighted by Crippen LogP contribution is -2.32. The summed E-state index contributed by atoms with van der Waals surface area (Å²) < 4.78 is 39.6. The Morgan fingerprint density at radius 2 is 2.18 bits per heavy atom. The minimum atomic E-state index is -3.78. The van der Waals surface area contributed by atoms with Gasteiger partial charge < -0.3 is 5.73 Å². The lowest BCUT2D eigenvalue weighted by Gasteiger charge is -2.16. The summed E-state index contributed by atoms with van der Waals surface area (Å²) in [5, 5.41) is 0. The van der Waals surface area contributed by atoms with Crippen LogP contribution in [0.15, 0.2) is 27.6 Å². The smallest absolute Gasteiger partial charge is 0.246 e. The molecule has 0 aromatic heterocycles. The molecule has 94 valence electrons. The summed E-state index contributed by atoms with van der Waals surface area (Å²) in [4.78, 5) is -0.305. The zero-order valence-corrected chi connectivity index (χ0v) is 11.3. The van der Waals surface area contributed by atoms with E-state index >= 15 is 0 Å². The Labute approximate surface area is 108 Å². The second-order valence-corrected chi connectivity index (χ2v) is 6.81. The fourth-order valence-corrected chi connectivity index (χ4v) is 3.90. The molecule has 1 aliphatic heterocycles. The minimum absolute atomic E-state index is 0.167. The molecule has 1 atom stereocenters. The van der Waals surface area contributed by atoms with E-state index in [9.17, 15) is 12.8 Å². The summed E-state index contributed by atoms with van der Waals surface area (Å²) in [5.74, 6) is -0.742. The van der Waals surface area contributed by atoms with Crippen molar-refractivity contribution in [1.82, 2.24) is 4.31 Å². The van der Waals surface area contributed by atoms with Crippen LogP contribution in [0, 0.1) is 5.82 Å². The van der Waals surface area contributed by atoms with E-state index in [2.05, 4.69) is 15.9 Å². The number of sulfonamides is 1. The third kappa shape index (κ3) is 2.52. The first-order valence-corrected chi connectivity index (χ1v) is 7.35. The van der Waals surface area contributed by atoms with Crippen LogP contribution in [0.4, 0.5) is 4.39 Å².